The topological polar surface area (TPSA) is 38.7 Å². The fourth-order valence-corrected chi connectivity index (χ4v) is 2.31. The molecule has 0 atom stereocenters. The van der Waals surface area contributed by atoms with Crippen LogP contribution in [-0.2, 0) is 4.84 Å². The number of hydrogen-bond donors (Lipinski definition) is 0. The molecule has 0 aliphatic heterocycles. The van der Waals surface area contributed by atoms with Crippen LogP contribution in [0.5, 0.6) is 0 Å². The summed E-state index contributed by atoms with van der Waals surface area (Å²) in [4.78, 5) is 17.6. The van der Waals surface area contributed by atoms with E-state index < -0.39 is 0 Å². The number of hydrogen-bond acceptors (Lipinski definition) is 3. The quantitative estimate of drug-likeness (QED) is 0.768. The highest BCUT2D eigenvalue weighted by molar-refractivity contribution is 6.54. The first-order chi connectivity index (χ1) is 9.33. The summed E-state index contributed by atoms with van der Waals surface area (Å²) in [6, 6.07) is 15.4. The van der Waals surface area contributed by atoms with Crippen LogP contribution < -0.4 is 0 Å². The van der Waals surface area contributed by atoms with Gasteiger partial charge in [-0.1, -0.05) is 53.7 Å². The Balaban J connectivity index is 2.26. The summed E-state index contributed by atoms with van der Waals surface area (Å²) in [5.41, 5.74) is 3.88. The molecule has 0 N–H and O–H groups in total. The van der Waals surface area contributed by atoms with Crippen molar-refractivity contribution in [2.75, 3.05) is 6.61 Å². The first-order valence-corrected chi connectivity index (χ1v) is 6.26. The monoisotopic (exact) mass is 251 g/mol. The molecule has 3 rings (SSSR count). The summed E-state index contributed by atoms with van der Waals surface area (Å²) >= 11 is 0. The predicted molar refractivity (Wildman–Crippen MR) is 74.4 cm³/mol. The normalized spacial score (nSPS) is 15.0. The largest absolute Gasteiger partial charge is 0.395 e. The summed E-state index contributed by atoms with van der Waals surface area (Å²) in [7, 11) is 0. The molecular formula is C16H13NO2. The van der Waals surface area contributed by atoms with Gasteiger partial charge in [-0.3, -0.25) is 4.79 Å². The lowest BCUT2D eigenvalue weighted by Gasteiger charge is -2.19. The van der Waals surface area contributed by atoms with Crippen molar-refractivity contribution in [2.45, 2.75) is 6.92 Å². The number of benzene rings is 2. The van der Waals surface area contributed by atoms with Gasteiger partial charge in [0.2, 0.25) is 5.78 Å². The van der Waals surface area contributed by atoms with Gasteiger partial charge in [-0.15, -0.1) is 0 Å². The van der Waals surface area contributed by atoms with Crippen molar-refractivity contribution in [3.8, 4) is 11.1 Å². The maximum atomic E-state index is 12.5. The average molecular weight is 251 g/mol. The van der Waals surface area contributed by atoms with E-state index in [0.717, 1.165) is 16.7 Å². The highest BCUT2D eigenvalue weighted by Gasteiger charge is 2.28. The van der Waals surface area contributed by atoms with Gasteiger partial charge in [0.15, 0.2) is 5.71 Å². The fourth-order valence-electron chi connectivity index (χ4n) is 2.31. The zero-order valence-corrected chi connectivity index (χ0v) is 10.6. The van der Waals surface area contributed by atoms with E-state index >= 15 is 0 Å². The van der Waals surface area contributed by atoms with Gasteiger partial charge >= 0.3 is 0 Å². The molecule has 0 radical (unpaired) electrons. The van der Waals surface area contributed by atoms with Crippen LogP contribution in [-0.4, -0.2) is 18.1 Å². The van der Waals surface area contributed by atoms with Crippen molar-refractivity contribution in [1.29, 1.82) is 0 Å². The first kappa shape index (κ1) is 11.7. The highest BCUT2D eigenvalue weighted by Crippen LogP contribution is 2.33. The lowest BCUT2D eigenvalue weighted by Crippen LogP contribution is -2.22. The Hall–Kier alpha value is -2.42. The standard InChI is InChI=1S/C16H13NO2/c1-2-19-17-15-13-9-5-3-7-11(13)12-8-4-6-10-14(12)16(15)18/h3-10H,2H2,1H3/b17-15-. The van der Waals surface area contributed by atoms with Crippen molar-refractivity contribution >= 4 is 11.5 Å². The minimum Gasteiger partial charge on any atom is -0.395 e. The summed E-state index contributed by atoms with van der Waals surface area (Å²) in [5.74, 6) is -0.0808. The van der Waals surface area contributed by atoms with E-state index in [0.29, 0.717) is 17.9 Å². The second kappa shape index (κ2) is 4.69. The van der Waals surface area contributed by atoms with E-state index in [2.05, 4.69) is 5.16 Å². The molecule has 94 valence electrons. The van der Waals surface area contributed by atoms with Gasteiger partial charge in [0.25, 0.3) is 0 Å². The maximum Gasteiger partial charge on any atom is 0.216 e. The molecule has 19 heavy (non-hydrogen) atoms. The van der Waals surface area contributed by atoms with Crippen molar-refractivity contribution in [2.24, 2.45) is 5.16 Å². The molecule has 2 aromatic carbocycles. The van der Waals surface area contributed by atoms with Crippen molar-refractivity contribution in [1.82, 2.24) is 0 Å². The molecular weight excluding hydrogens is 238 g/mol. The molecule has 1 aliphatic carbocycles. The second-order valence-corrected chi connectivity index (χ2v) is 4.28. The van der Waals surface area contributed by atoms with Crippen LogP contribution in [0.1, 0.15) is 22.8 Å². The van der Waals surface area contributed by atoms with Crippen LogP contribution in [0, 0.1) is 0 Å². The Labute approximate surface area is 111 Å². The van der Waals surface area contributed by atoms with Gasteiger partial charge in [-0.2, -0.15) is 0 Å². The second-order valence-electron chi connectivity index (χ2n) is 4.28. The lowest BCUT2D eigenvalue weighted by atomic mass is 9.83. The average Bonchev–Trinajstić information content (AvgIpc) is 2.47. The third-order valence-corrected chi connectivity index (χ3v) is 3.14. The SMILES string of the molecule is CCO/N=C1\C(=O)c2ccccc2-c2ccccc21. The van der Waals surface area contributed by atoms with E-state index in [1.165, 1.54) is 0 Å². The Morgan fingerprint density at radius 1 is 0.895 bits per heavy atom. The molecule has 1 aliphatic rings. The van der Waals surface area contributed by atoms with Crippen LogP contribution >= 0.6 is 0 Å². The van der Waals surface area contributed by atoms with Crippen LogP contribution in [0.2, 0.25) is 0 Å². The van der Waals surface area contributed by atoms with Gasteiger partial charge in [0, 0.05) is 11.1 Å². The van der Waals surface area contributed by atoms with Crippen LogP contribution in [0.3, 0.4) is 0 Å². The van der Waals surface area contributed by atoms with E-state index in [9.17, 15) is 4.79 Å². The zero-order valence-electron chi connectivity index (χ0n) is 10.6. The molecule has 3 nitrogen and oxygen atoms in total. The van der Waals surface area contributed by atoms with Gasteiger partial charge in [-0.25, -0.2) is 0 Å². The number of ketones is 1. The number of carbonyl (C=O) groups is 1. The maximum absolute atomic E-state index is 12.5. The number of Topliss-reactive ketones (excluding diaryl/α,β-unsaturated/α-hetero) is 1. The number of fused-ring (bicyclic) bond motifs is 3. The molecule has 3 heteroatoms. The molecule has 0 saturated carbocycles. The van der Waals surface area contributed by atoms with Crippen molar-refractivity contribution in [3.05, 3.63) is 59.7 Å². The summed E-state index contributed by atoms with van der Waals surface area (Å²) in [6.07, 6.45) is 0. The molecule has 0 amide bonds. The number of rotatable bonds is 2. The Kier molecular flexibility index (Phi) is 2.88. The molecule has 0 heterocycles. The van der Waals surface area contributed by atoms with E-state index in [-0.39, 0.29) is 5.78 Å². The molecule has 0 saturated heterocycles. The summed E-state index contributed by atoms with van der Waals surface area (Å²) < 4.78 is 0. The van der Waals surface area contributed by atoms with E-state index in [4.69, 9.17) is 4.84 Å². The van der Waals surface area contributed by atoms with Crippen LogP contribution in [0.25, 0.3) is 11.1 Å². The number of carbonyl (C=O) groups excluding carboxylic acids is 1. The molecule has 0 fully saturated rings. The third-order valence-electron chi connectivity index (χ3n) is 3.14. The Morgan fingerprint density at radius 2 is 1.42 bits per heavy atom. The minimum atomic E-state index is -0.0808. The molecule has 0 bridgehead atoms. The Morgan fingerprint density at radius 3 is 2.05 bits per heavy atom. The van der Waals surface area contributed by atoms with Gasteiger partial charge < -0.3 is 4.84 Å². The molecule has 0 aromatic heterocycles. The first-order valence-electron chi connectivity index (χ1n) is 6.26. The third kappa shape index (κ3) is 1.83. The lowest BCUT2D eigenvalue weighted by molar-refractivity contribution is 0.105. The van der Waals surface area contributed by atoms with Gasteiger partial charge in [0.1, 0.15) is 6.61 Å². The van der Waals surface area contributed by atoms with E-state index in [1.807, 2.05) is 55.5 Å². The number of oxime groups is 1. The highest BCUT2D eigenvalue weighted by atomic mass is 16.6. The fraction of sp³-hybridized carbons (Fsp3) is 0.125. The van der Waals surface area contributed by atoms with Crippen molar-refractivity contribution < 1.29 is 9.63 Å². The Bertz CT molecular complexity index is 674. The molecule has 0 spiro atoms. The minimum absolute atomic E-state index is 0.0808. The van der Waals surface area contributed by atoms with E-state index in [1.54, 1.807) is 0 Å². The number of nitrogens with zero attached hydrogens (tertiary/aromatic N) is 1. The predicted octanol–water partition coefficient (Wildman–Crippen LogP) is 3.29. The summed E-state index contributed by atoms with van der Waals surface area (Å²) in [5, 5.41) is 3.99. The molecule has 0 unspecified atom stereocenters. The van der Waals surface area contributed by atoms with Crippen LogP contribution in [0.4, 0.5) is 0 Å². The van der Waals surface area contributed by atoms with Gasteiger partial charge in [0.05, 0.1) is 0 Å². The summed E-state index contributed by atoms with van der Waals surface area (Å²) in [6.45, 7) is 2.29. The van der Waals surface area contributed by atoms with Gasteiger partial charge in [-0.05, 0) is 18.1 Å². The zero-order chi connectivity index (χ0) is 13.2. The van der Waals surface area contributed by atoms with Crippen molar-refractivity contribution in [3.63, 3.8) is 0 Å². The molecule has 2 aromatic rings. The smallest absolute Gasteiger partial charge is 0.216 e. The van der Waals surface area contributed by atoms with Crippen LogP contribution in [0.15, 0.2) is 53.7 Å².